The predicted octanol–water partition coefficient (Wildman–Crippen LogP) is 5.01. The second kappa shape index (κ2) is 15.8. The molecule has 2 aromatic rings. The van der Waals surface area contributed by atoms with Gasteiger partial charge in [-0.05, 0) is 65.0 Å². The molecule has 2 aromatic heterocycles. The number of alkyl carbamates (subject to hydrolysis) is 1. The number of thioether (sulfide) groups is 1. The Hall–Kier alpha value is -2.97. The molecule has 0 bridgehead atoms. The van der Waals surface area contributed by atoms with Gasteiger partial charge in [-0.25, -0.2) is 14.2 Å². The fourth-order valence-corrected chi connectivity index (χ4v) is 3.09. The van der Waals surface area contributed by atoms with Crippen molar-refractivity contribution < 1.29 is 13.9 Å². The monoisotopic (exact) mass is 522 g/mol. The van der Waals surface area contributed by atoms with E-state index in [4.69, 9.17) is 10.5 Å². The molecule has 3 N–H and O–H groups in total. The van der Waals surface area contributed by atoms with Gasteiger partial charge in [0.2, 0.25) is 0 Å². The van der Waals surface area contributed by atoms with Crippen molar-refractivity contribution in [2.24, 2.45) is 10.7 Å². The highest BCUT2D eigenvalue weighted by Crippen LogP contribution is 2.25. The van der Waals surface area contributed by atoms with Gasteiger partial charge in [0.05, 0.1) is 22.6 Å². The number of aromatic nitrogens is 3. The minimum atomic E-state index is -0.500. The van der Waals surface area contributed by atoms with E-state index in [2.05, 4.69) is 33.6 Å². The van der Waals surface area contributed by atoms with Crippen molar-refractivity contribution in [3.05, 3.63) is 66.0 Å². The first kappa shape index (κ1) is 32.0. The second-order valence-electron chi connectivity index (χ2n) is 7.94. The number of nitrogens with zero attached hydrogens (tertiary/aromatic N) is 4. The van der Waals surface area contributed by atoms with Crippen molar-refractivity contribution in [1.29, 1.82) is 0 Å². The molecule has 0 aliphatic carbocycles. The average Bonchev–Trinajstić information content (AvgIpc) is 3.12. The molecule has 1 amide bonds. The summed E-state index contributed by atoms with van der Waals surface area (Å²) in [6.45, 7) is 15.3. The highest BCUT2D eigenvalue weighted by molar-refractivity contribution is 8.07. The van der Waals surface area contributed by atoms with Gasteiger partial charge in [0.15, 0.2) is 0 Å². The molecule has 0 aliphatic rings. The number of carbonyl (C=O) groups excluding carboxylic acids is 1. The highest BCUT2D eigenvalue weighted by Gasteiger charge is 2.15. The van der Waals surface area contributed by atoms with Gasteiger partial charge in [-0.2, -0.15) is 9.90 Å². The third-order valence-corrected chi connectivity index (χ3v) is 4.65. The largest absolute Gasteiger partial charge is 0.444 e. The SMILES string of the molecule is C=Cc1ncn(CCNC(=O)OC(C)(C)C)c1/C=C(\C)N.C=N/C=C(\SC)c1ncccc1F.P. The van der Waals surface area contributed by atoms with Crippen LogP contribution in [0.2, 0.25) is 0 Å². The first-order chi connectivity index (χ1) is 16.0. The zero-order valence-electron chi connectivity index (χ0n) is 21.0. The standard InChI is InChI=1S/C15H24N4O2.C9H9FN2S.H3P/c1-6-12-13(9-11(2)16)19(10-18-12)8-7-17-14(20)21-15(3,4)5;1-11-6-8(13-2)9-7(10)4-3-5-12-9;/h6,9-10H,1,7-8,16H2,2-5H3,(H,17,20);3-6H,1H2,2H3;1H3/b11-9+;8-6-;. The number of hydrogen-bond donors (Lipinski definition) is 2. The lowest BCUT2D eigenvalue weighted by atomic mass is 10.2. The normalized spacial score (nSPS) is 11.5. The molecule has 0 saturated heterocycles. The van der Waals surface area contributed by atoms with Gasteiger partial charge in [-0.15, -0.1) is 11.8 Å². The smallest absolute Gasteiger partial charge is 0.407 e. The molecular formula is C24H36FN6O2PS. The number of pyridine rings is 1. The zero-order valence-corrected chi connectivity index (χ0v) is 23.3. The third kappa shape index (κ3) is 11.8. The Bertz CT molecular complexity index is 1040. The van der Waals surface area contributed by atoms with Crippen molar-refractivity contribution in [2.75, 3.05) is 12.8 Å². The number of hydrogen-bond acceptors (Lipinski definition) is 7. The molecule has 1 unspecified atom stereocenters. The molecule has 0 aliphatic heterocycles. The molecule has 0 saturated carbocycles. The van der Waals surface area contributed by atoms with Crippen LogP contribution in [0.3, 0.4) is 0 Å². The third-order valence-electron chi connectivity index (χ3n) is 3.91. The Labute approximate surface area is 214 Å². The van der Waals surface area contributed by atoms with Gasteiger partial charge in [0, 0.05) is 31.2 Å². The maximum Gasteiger partial charge on any atom is 0.407 e. The molecule has 2 heterocycles. The molecule has 1 atom stereocenters. The topological polar surface area (TPSA) is 107 Å². The summed E-state index contributed by atoms with van der Waals surface area (Å²) in [5, 5.41) is 2.71. The Morgan fingerprint density at radius 3 is 2.60 bits per heavy atom. The molecule has 0 aromatic carbocycles. The van der Waals surface area contributed by atoms with Crippen molar-refractivity contribution in [3.63, 3.8) is 0 Å². The zero-order chi connectivity index (χ0) is 25.7. The van der Waals surface area contributed by atoms with E-state index in [0.29, 0.717) is 29.4 Å². The van der Waals surface area contributed by atoms with E-state index in [1.807, 2.05) is 44.6 Å². The number of allylic oxidation sites excluding steroid dienone is 1. The van der Waals surface area contributed by atoms with E-state index >= 15 is 0 Å². The van der Waals surface area contributed by atoms with Crippen molar-refractivity contribution in [2.45, 2.75) is 39.8 Å². The molecule has 192 valence electrons. The van der Waals surface area contributed by atoms with Crippen LogP contribution in [0.4, 0.5) is 9.18 Å². The highest BCUT2D eigenvalue weighted by atomic mass is 32.2. The number of ether oxygens (including phenoxy) is 1. The Kier molecular flexibility index (Phi) is 14.5. The quantitative estimate of drug-likeness (QED) is 0.373. The molecule has 0 spiro atoms. The van der Waals surface area contributed by atoms with E-state index < -0.39 is 11.7 Å². The van der Waals surface area contributed by atoms with E-state index in [1.165, 1.54) is 24.0 Å². The van der Waals surface area contributed by atoms with Crippen LogP contribution in [0, 0.1) is 5.82 Å². The first-order valence-corrected chi connectivity index (χ1v) is 11.6. The number of nitrogens with two attached hydrogens (primary N) is 1. The summed E-state index contributed by atoms with van der Waals surface area (Å²) in [5.74, 6) is -0.341. The van der Waals surface area contributed by atoms with Crippen LogP contribution in [0.5, 0.6) is 0 Å². The number of aliphatic imine (C=N–C) groups is 1. The van der Waals surface area contributed by atoms with Gasteiger partial charge in [-0.1, -0.05) is 6.58 Å². The number of carbonyl (C=O) groups is 1. The molecule has 35 heavy (non-hydrogen) atoms. The van der Waals surface area contributed by atoms with E-state index in [0.717, 1.165) is 11.4 Å². The summed E-state index contributed by atoms with van der Waals surface area (Å²) in [4.78, 5) is 24.0. The maximum atomic E-state index is 13.2. The Morgan fingerprint density at radius 2 is 2.09 bits per heavy atom. The van der Waals surface area contributed by atoms with Gasteiger partial charge in [0.25, 0.3) is 0 Å². The van der Waals surface area contributed by atoms with Crippen molar-refractivity contribution in [1.82, 2.24) is 19.9 Å². The van der Waals surface area contributed by atoms with Crippen LogP contribution in [-0.4, -0.2) is 45.7 Å². The summed E-state index contributed by atoms with van der Waals surface area (Å²) in [6, 6.07) is 2.92. The lowest BCUT2D eigenvalue weighted by Gasteiger charge is -2.19. The average molecular weight is 523 g/mol. The maximum absolute atomic E-state index is 13.2. The van der Waals surface area contributed by atoms with Crippen LogP contribution in [0.1, 0.15) is 44.8 Å². The number of nitrogens with one attached hydrogen (secondary N) is 1. The summed E-state index contributed by atoms with van der Waals surface area (Å²) in [7, 11) is 0. The van der Waals surface area contributed by atoms with Crippen LogP contribution >= 0.6 is 21.7 Å². The Morgan fingerprint density at radius 1 is 1.40 bits per heavy atom. The minimum absolute atomic E-state index is 0. The van der Waals surface area contributed by atoms with Gasteiger partial charge in [0.1, 0.15) is 17.1 Å². The number of halogens is 1. The molecule has 0 fully saturated rings. The molecule has 11 heteroatoms. The Balaban J connectivity index is 0.000000711. The van der Waals surface area contributed by atoms with Crippen molar-refractivity contribution in [3.8, 4) is 0 Å². The molecule has 8 nitrogen and oxygen atoms in total. The number of amides is 1. The van der Waals surface area contributed by atoms with Crippen LogP contribution in [0.25, 0.3) is 17.1 Å². The first-order valence-electron chi connectivity index (χ1n) is 10.4. The summed E-state index contributed by atoms with van der Waals surface area (Å²) in [5.41, 5.74) is 7.85. The number of imidazole rings is 1. The predicted molar refractivity (Wildman–Crippen MR) is 151 cm³/mol. The van der Waals surface area contributed by atoms with E-state index in [1.54, 1.807) is 24.7 Å². The molecule has 2 rings (SSSR count). The van der Waals surface area contributed by atoms with Gasteiger partial charge in [-0.3, -0.25) is 9.98 Å². The summed E-state index contributed by atoms with van der Waals surface area (Å²) < 4.78 is 20.3. The lowest BCUT2D eigenvalue weighted by Crippen LogP contribution is -2.34. The molecule has 0 radical (unpaired) electrons. The summed E-state index contributed by atoms with van der Waals surface area (Å²) in [6.07, 6.45) is 9.65. The van der Waals surface area contributed by atoms with E-state index in [9.17, 15) is 9.18 Å². The van der Waals surface area contributed by atoms with Gasteiger partial charge < -0.3 is 20.4 Å². The van der Waals surface area contributed by atoms with Crippen LogP contribution in [0.15, 0.2) is 48.1 Å². The fourth-order valence-electron chi connectivity index (χ4n) is 2.57. The van der Waals surface area contributed by atoms with Crippen LogP contribution in [-0.2, 0) is 11.3 Å². The lowest BCUT2D eigenvalue weighted by molar-refractivity contribution is 0.0526. The minimum Gasteiger partial charge on any atom is -0.444 e. The van der Waals surface area contributed by atoms with Crippen LogP contribution < -0.4 is 11.1 Å². The fraction of sp³-hybridized carbons (Fsp3) is 0.333. The van der Waals surface area contributed by atoms with Crippen molar-refractivity contribution >= 4 is 51.5 Å². The second-order valence-corrected chi connectivity index (χ2v) is 8.79. The summed E-state index contributed by atoms with van der Waals surface area (Å²) >= 11 is 1.39. The van der Waals surface area contributed by atoms with Gasteiger partial charge >= 0.3 is 6.09 Å². The number of rotatable bonds is 8. The van der Waals surface area contributed by atoms with E-state index in [-0.39, 0.29) is 15.7 Å². The molecular weight excluding hydrogens is 486 g/mol.